The van der Waals surface area contributed by atoms with Crippen molar-refractivity contribution < 1.29 is 13.2 Å². The Balaban J connectivity index is 1.78. The van der Waals surface area contributed by atoms with Crippen LogP contribution in [-0.4, -0.2) is 59.5 Å². The minimum absolute atomic E-state index is 0.0736. The number of benzene rings is 1. The van der Waals surface area contributed by atoms with E-state index in [0.29, 0.717) is 43.0 Å². The molecular formula is C18H23BrN4O3S. The van der Waals surface area contributed by atoms with Crippen molar-refractivity contribution in [3.63, 3.8) is 0 Å². The number of carbonyl (C=O) groups is 1. The minimum atomic E-state index is -3.64. The summed E-state index contributed by atoms with van der Waals surface area (Å²) in [6.07, 6.45) is 0.597. The number of amides is 1. The van der Waals surface area contributed by atoms with Gasteiger partial charge in [-0.15, -0.1) is 0 Å². The van der Waals surface area contributed by atoms with Gasteiger partial charge in [0.1, 0.15) is 4.90 Å². The number of aromatic nitrogens is 2. The van der Waals surface area contributed by atoms with E-state index in [-0.39, 0.29) is 17.3 Å². The van der Waals surface area contributed by atoms with E-state index in [4.69, 9.17) is 0 Å². The Morgan fingerprint density at radius 2 is 1.74 bits per heavy atom. The van der Waals surface area contributed by atoms with Crippen LogP contribution in [0.3, 0.4) is 0 Å². The second kappa shape index (κ2) is 7.73. The normalized spacial score (nSPS) is 16.4. The number of hydrogen-bond acceptors (Lipinski definition) is 4. The van der Waals surface area contributed by atoms with Crippen LogP contribution in [-0.2, 0) is 17.1 Å². The maximum Gasteiger partial charge on any atom is 0.253 e. The molecule has 146 valence electrons. The van der Waals surface area contributed by atoms with Gasteiger partial charge in [-0.3, -0.25) is 9.48 Å². The molecule has 2 heterocycles. The number of hydrogen-bond donors (Lipinski definition) is 0. The summed E-state index contributed by atoms with van der Waals surface area (Å²) in [6.45, 7) is 5.03. The number of halogens is 1. The Morgan fingerprint density at radius 3 is 2.33 bits per heavy atom. The zero-order valence-electron chi connectivity index (χ0n) is 15.6. The van der Waals surface area contributed by atoms with Crippen LogP contribution < -0.4 is 0 Å². The molecule has 0 radical (unpaired) electrons. The van der Waals surface area contributed by atoms with E-state index >= 15 is 0 Å². The van der Waals surface area contributed by atoms with Gasteiger partial charge in [0.05, 0.1) is 11.4 Å². The summed E-state index contributed by atoms with van der Waals surface area (Å²) >= 11 is 3.36. The molecule has 7 nitrogen and oxygen atoms in total. The summed E-state index contributed by atoms with van der Waals surface area (Å²) in [5.41, 5.74) is 1.73. The molecule has 0 aliphatic carbocycles. The molecule has 0 bridgehead atoms. The molecular weight excluding hydrogens is 432 g/mol. The quantitative estimate of drug-likeness (QED) is 0.712. The Hall–Kier alpha value is -1.71. The third kappa shape index (κ3) is 3.95. The van der Waals surface area contributed by atoms with Gasteiger partial charge in [-0.05, 0) is 44.5 Å². The highest BCUT2D eigenvalue weighted by Crippen LogP contribution is 2.24. The van der Waals surface area contributed by atoms with Crippen LogP contribution in [0.5, 0.6) is 0 Å². The molecule has 1 aliphatic heterocycles. The minimum Gasteiger partial charge on any atom is -0.337 e. The van der Waals surface area contributed by atoms with Crippen LogP contribution in [0, 0.1) is 13.8 Å². The molecule has 1 fully saturated rings. The fourth-order valence-corrected chi connectivity index (χ4v) is 5.50. The molecule has 0 spiro atoms. The molecule has 27 heavy (non-hydrogen) atoms. The summed E-state index contributed by atoms with van der Waals surface area (Å²) in [5, 5.41) is 4.23. The van der Waals surface area contributed by atoms with Crippen LogP contribution in [0.4, 0.5) is 0 Å². The van der Waals surface area contributed by atoms with Crippen molar-refractivity contribution in [2.24, 2.45) is 7.05 Å². The molecule has 9 heteroatoms. The first-order chi connectivity index (χ1) is 12.7. The first-order valence-corrected chi connectivity index (χ1v) is 11.0. The molecule has 1 saturated heterocycles. The van der Waals surface area contributed by atoms with Crippen molar-refractivity contribution in [2.75, 3.05) is 26.2 Å². The van der Waals surface area contributed by atoms with Crippen molar-refractivity contribution in [3.8, 4) is 0 Å². The van der Waals surface area contributed by atoms with Gasteiger partial charge in [0.15, 0.2) is 0 Å². The lowest BCUT2D eigenvalue weighted by atomic mass is 10.2. The van der Waals surface area contributed by atoms with Crippen molar-refractivity contribution >= 4 is 31.9 Å². The maximum atomic E-state index is 13.1. The Morgan fingerprint density at radius 1 is 1.07 bits per heavy atom. The van der Waals surface area contributed by atoms with Crippen molar-refractivity contribution in [1.29, 1.82) is 0 Å². The third-order valence-corrected chi connectivity index (χ3v) is 7.55. The molecule has 1 amide bonds. The van der Waals surface area contributed by atoms with E-state index in [2.05, 4.69) is 21.0 Å². The van der Waals surface area contributed by atoms with Crippen LogP contribution in [0.2, 0.25) is 0 Å². The highest BCUT2D eigenvalue weighted by atomic mass is 79.9. The van der Waals surface area contributed by atoms with E-state index in [9.17, 15) is 13.2 Å². The molecule has 1 aromatic carbocycles. The maximum absolute atomic E-state index is 13.1. The number of aryl methyl sites for hydroxylation is 2. The molecule has 0 saturated carbocycles. The largest absolute Gasteiger partial charge is 0.337 e. The average Bonchev–Trinajstić information content (AvgIpc) is 2.81. The van der Waals surface area contributed by atoms with E-state index < -0.39 is 10.0 Å². The van der Waals surface area contributed by atoms with Crippen molar-refractivity contribution in [2.45, 2.75) is 25.2 Å². The zero-order chi connectivity index (χ0) is 19.8. The van der Waals surface area contributed by atoms with E-state index in [1.807, 2.05) is 12.1 Å². The number of rotatable bonds is 3. The fraction of sp³-hybridized carbons (Fsp3) is 0.444. The van der Waals surface area contributed by atoms with Gasteiger partial charge in [-0.1, -0.05) is 15.9 Å². The number of nitrogens with zero attached hydrogens (tertiary/aromatic N) is 4. The summed E-state index contributed by atoms with van der Waals surface area (Å²) in [4.78, 5) is 14.7. The van der Waals surface area contributed by atoms with E-state index in [0.717, 1.165) is 4.47 Å². The van der Waals surface area contributed by atoms with E-state index in [1.54, 1.807) is 42.6 Å². The number of carbonyl (C=O) groups excluding carboxylic acids is 1. The van der Waals surface area contributed by atoms with Gasteiger partial charge in [-0.25, -0.2) is 8.42 Å². The Labute approximate surface area is 168 Å². The second-order valence-electron chi connectivity index (χ2n) is 6.68. The van der Waals surface area contributed by atoms with Gasteiger partial charge >= 0.3 is 0 Å². The Bertz CT molecular complexity index is 954. The summed E-state index contributed by atoms with van der Waals surface area (Å²) in [6, 6.07) is 7.20. The third-order valence-electron chi connectivity index (χ3n) is 4.87. The lowest BCUT2D eigenvalue weighted by Gasteiger charge is -2.22. The SMILES string of the molecule is Cc1nn(C)c(C)c1S(=O)(=O)N1CCCN(C(=O)c2ccc(Br)cc2)CC1. The first kappa shape index (κ1) is 20.0. The van der Waals surface area contributed by atoms with E-state index in [1.165, 1.54) is 4.31 Å². The van der Waals surface area contributed by atoms with Crippen molar-refractivity contribution in [3.05, 3.63) is 45.7 Å². The average molecular weight is 455 g/mol. The highest BCUT2D eigenvalue weighted by Gasteiger charge is 2.32. The summed E-state index contributed by atoms with van der Waals surface area (Å²) < 4.78 is 30.3. The van der Waals surface area contributed by atoms with Gasteiger partial charge in [0.2, 0.25) is 10.0 Å². The van der Waals surface area contributed by atoms with Gasteiger partial charge in [-0.2, -0.15) is 9.40 Å². The molecule has 0 N–H and O–H groups in total. The molecule has 1 aliphatic rings. The van der Waals surface area contributed by atoms with Crippen LogP contribution in [0.1, 0.15) is 28.2 Å². The fourth-order valence-electron chi connectivity index (χ4n) is 3.37. The molecule has 3 rings (SSSR count). The van der Waals surface area contributed by atoms with Crippen molar-refractivity contribution in [1.82, 2.24) is 19.0 Å². The topological polar surface area (TPSA) is 75.5 Å². The molecule has 0 atom stereocenters. The molecule has 2 aromatic rings. The smallest absolute Gasteiger partial charge is 0.253 e. The number of sulfonamides is 1. The van der Waals surface area contributed by atoms with Crippen LogP contribution in [0.15, 0.2) is 33.6 Å². The van der Waals surface area contributed by atoms with Crippen LogP contribution >= 0.6 is 15.9 Å². The lowest BCUT2D eigenvalue weighted by Crippen LogP contribution is -2.37. The summed E-state index contributed by atoms with van der Waals surface area (Å²) in [7, 11) is -1.90. The van der Waals surface area contributed by atoms with Gasteiger partial charge in [0.25, 0.3) is 5.91 Å². The monoisotopic (exact) mass is 454 g/mol. The molecule has 0 unspecified atom stereocenters. The van der Waals surface area contributed by atoms with Gasteiger partial charge in [0, 0.05) is 43.3 Å². The van der Waals surface area contributed by atoms with Crippen LogP contribution in [0.25, 0.3) is 0 Å². The second-order valence-corrected chi connectivity index (χ2v) is 9.47. The molecule has 1 aromatic heterocycles. The summed E-state index contributed by atoms with van der Waals surface area (Å²) in [5.74, 6) is -0.0736. The standard InChI is InChI=1S/C18H23BrN4O3S/c1-13-17(14(2)21(3)20-13)27(25,26)23-10-4-9-22(11-12-23)18(24)15-5-7-16(19)8-6-15/h5-8H,4,9-12H2,1-3H3. The predicted molar refractivity (Wildman–Crippen MR) is 106 cm³/mol. The lowest BCUT2D eigenvalue weighted by molar-refractivity contribution is 0.0764. The highest BCUT2D eigenvalue weighted by molar-refractivity contribution is 9.10. The zero-order valence-corrected chi connectivity index (χ0v) is 18.0. The Kier molecular flexibility index (Phi) is 5.73. The van der Waals surface area contributed by atoms with Gasteiger partial charge < -0.3 is 4.90 Å². The predicted octanol–water partition coefficient (Wildman–Crippen LogP) is 2.34. The first-order valence-electron chi connectivity index (χ1n) is 8.77.